The van der Waals surface area contributed by atoms with Gasteiger partial charge in [-0.25, -0.2) is 0 Å². The van der Waals surface area contributed by atoms with Crippen molar-refractivity contribution in [1.82, 2.24) is 4.57 Å². The van der Waals surface area contributed by atoms with E-state index >= 15 is 0 Å². The van der Waals surface area contributed by atoms with Gasteiger partial charge in [-0.15, -0.1) is 0 Å². The molecule has 0 atom stereocenters. The molecule has 0 saturated carbocycles. The Balaban J connectivity index is 1.71. The van der Waals surface area contributed by atoms with Crippen molar-refractivity contribution in [3.63, 3.8) is 0 Å². The average molecular weight is 474 g/mol. The number of carbonyl (C=O) groups excluding carboxylic acids is 2. The van der Waals surface area contributed by atoms with Gasteiger partial charge in [0.15, 0.2) is 4.80 Å². The maximum Gasteiger partial charge on any atom is 0.326 e. The third-order valence-corrected chi connectivity index (χ3v) is 6.64. The summed E-state index contributed by atoms with van der Waals surface area (Å²) in [6, 6.07) is 14.5. The van der Waals surface area contributed by atoms with Crippen molar-refractivity contribution < 1.29 is 19.2 Å². The first kappa shape index (κ1) is 23.7. The Bertz CT molecular complexity index is 1170. The average Bonchev–Trinajstić information content (AvgIpc) is 3.10. The van der Waals surface area contributed by atoms with Gasteiger partial charge in [-0.1, -0.05) is 41.7 Å². The van der Waals surface area contributed by atoms with Crippen molar-refractivity contribution in [2.24, 2.45) is 4.99 Å². The van der Waals surface area contributed by atoms with E-state index in [0.29, 0.717) is 21.4 Å². The number of esters is 1. The molecule has 1 heterocycles. The molecule has 168 valence electrons. The fraction of sp³-hybridized carbons (Fsp3) is 0.318. The SMILES string of the molecule is CCOC(=O)Cn1c(=NC(=O)CCCSCc2ccccc2)sc2cc([N+](=O)[O-])ccc21. The predicted molar refractivity (Wildman–Crippen MR) is 126 cm³/mol. The molecule has 2 aromatic carbocycles. The molecule has 0 unspecified atom stereocenters. The summed E-state index contributed by atoms with van der Waals surface area (Å²) in [7, 11) is 0. The van der Waals surface area contributed by atoms with Crippen LogP contribution in [0.2, 0.25) is 0 Å². The number of rotatable bonds is 10. The minimum absolute atomic E-state index is 0.0599. The number of nitro groups is 1. The number of fused-ring (bicyclic) bond motifs is 1. The van der Waals surface area contributed by atoms with Gasteiger partial charge in [-0.2, -0.15) is 16.8 Å². The second-order valence-corrected chi connectivity index (χ2v) is 8.95. The highest BCUT2D eigenvalue weighted by atomic mass is 32.2. The molecule has 3 rings (SSSR count). The number of thioether (sulfide) groups is 1. The van der Waals surface area contributed by atoms with Crippen LogP contribution in [-0.4, -0.2) is 33.7 Å². The number of ether oxygens (including phenoxy) is 1. The summed E-state index contributed by atoms with van der Waals surface area (Å²) < 4.78 is 7.17. The number of nitrogens with zero attached hydrogens (tertiary/aromatic N) is 3. The van der Waals surface area contributed by atoms with E-state index in [9.17, 15) is 19.7 Å². The molecule has 0 aliphatic heterocycles. The highest BCUT2D eigenvalue weighted by Gasteiger charge is 2.15. The Morgan fingerprint density at radius 1 is 1.22 bits per heavy atom. The van der Waals surface area contributed by atoms with Gasteiger partial charge >= 0.3 is 5.97 Å². The fourth-order valence-corrected chi connectivity index (χ4v) is 5.00. The standard InChI is InChI=1S/C22H23N3O5S2/c1-2-30-21(27)14-24-18-11-10-17(25(28)29)13-19(18)32-22(24)23-20(26)9-6-12-31-15-16-7-4-3-5-8-16/h3-5,7-8,10-11,13H,2,6,9,12,14-15H2,1H3. The monoisotopic (exact) mass is 473 g/mol. The molecule has 32 heavy (non-hydrogen) atoms. The van der Waals surface area contributed by atoms with Crippen molar-refractivity contribution >= 4 is 50.9 Å². The molecule has 0 aliphatic rings. The Labute approximate surface area is 193 Å². The summed E-state index contributed by atoms with van der Waals surface area (Å²) in [6.07, 6.45) is 0.976. The maximum absolute atomic E-state index is 12.5. The summed E-state index contributed by atoms with van der Waals surface area (Å²) in [6.45, 7) is 1.83. The van der Waals surface area contributed by atoms with E-state index in [0.717, 1.165) is 22.8 Å². The topological polar surface area (TPSA) is 104 Å². The predicted octanol–water partition coefficient (Wildman–Crippen LogP) is 4.32. The van der Waals surface area contributed by atoms with E-state index in [-0.39, 0.29) is 31.2 Å². The van der Waals surface area contributed by atoms with Crippen LogP contribution in [-0.2, 0) is 26.6 Å². The lowest BCUT2D eigenvalue weighted by atomic mass is 10.2. The lowest BCUT2D eigenvalue weighted by Gasteiger charge is -2.05. The minimum atomic E-state index is -0.482. The van der Waals surface area contributed by atoms with E-state index < -0.39 is 10.9 Å². The summed E-state index contributed by atoms with van der Waals surface area (Å²) in [5.74, 6) is 0.971. The molecule has 0 saturated heterocycles. The van der Waals surface area contributed by atoms with Crippen LogP contribution in [0, 0.1) is 10.1 Å². The number of hydrogen-bond donors (Lipinski definition) is 0. The van der Waals surface area contributed by atoms with Crippen LogP contribution >= 0.6 is 23.1 Å². The van der Waals surface area contributed by atoms with Gasteiger partial charge in [0, 0.05) is 24.3 Å². The number of non-ortho nitro benzene ring substituents is 1. The van der Waals surface area contributed by atoms with Crippen molar-refractivity contribution in [3.05, 3.63) is 69.0 Å². The second kappa shape index (κ2) is 11.6. The summed E-state index contributed by atoms with van der Waals surface area (Å²) in [5, 5.41) is 11.1. The number of benzene rings is 2. The normalized spacial score (nSPS) is 11.6. The van der Waals surface area contributed by atoms with Gasteiger partial charge in [0.25, 0.3) is 5.69 Å². The molecule has 0 spiro atoms. The molecule has 1 aromatic heterocycles. The van der Waals surface area contributed by atoms with Crippen LogP contribution in [0.15, 0.2) is 53.5 Å². The molecule has 0 aliphatic carbocycles. The van der Waals surface area contributed by atoms with Crippen molar-refractivity contribution in [2.45, 2.75) is 32.1 Å². The summed E-state index contributed by atoms with van der Waals surface area (Å²) in [4.78, 5) is 39.6. The molecule has 0 bridgehead atoms. The first-order valence-corrected chi connectivity index (χ1v) is 12.1. The van der Waals surface area contributed by atoms with E-state index in [1.165, 1.54) is 17.7 Å². The minimum Gasteiger partial charge on any atom is -0.465 e. The van der Waals surface area contributed by atoms with Gasteiger partial charge in [-0.3, -0.25) is 19.7 Å². The van der Waals surface area contributed by atoms with Crippen LogP contribution in [0.5, 0.6) is 0 Å². The molecule has 0 radical (unpaired) electrons. The summed E-state index contributed by atoms with van der Waals surface area (Å²) >= 11 is 2.90. The Kier molecular flexibility index (Phi) is 8.57. The van der Waals surface area contributed by atoms with E-state index in [4.69, 9.17) is 4.74 Å². The molecule has 3 aromatic rings. The lowest BCUT2D eigenvalue weighted by Crippen LogP contribution is -2.23. The number of thiazole rings is 1. The zero-order valence-corrected chi connectivity index (χ0v) is 19.2. The molecular weight excluding hydrogens is 450 g/mol. The molecule has 0 N–H and O–H groups in total. The third-order valence-electron chi connectivity index (χ3n) is 4.48. The van der Waals surface area contributed by atoms with Gasteiger partial charge in [-0.05, 0) is 30.7 Å². The Hall–Kier alpha value is -2.98. The molecular formula is C22H23N3O5S2. The van der Waals surface area contributed by atoms with E-state index in [1.807, 2.05) is 18.2 Å². The van der Waals surface area contributed by atoms with Crippen LogP contribution in [0.1, 0.15) is 25.3 Å². The van der Waals surface area contributed by atoms with Gasteiger partial charge in [0.1, 0.15) is 6.54 Å². The van der Waals surface area contributed by atoms with Gasteiger partial charge in [0.2, 0.25) is 5.91 Å². The van der Waals surface area contributed by atoms with Gasteiger partial charge in [0.05, 0.1) is 21.7 Å². The third kappa shape index (κ3) is 6.51. The number of aromatic nitrogens is 1. The number of carbonyl (C=O) groups is 2. The molecule has 1 amide bonds. The van der Waals surface area contributed by atoms with Gasteiger partial charge < -0.3 is 9.30 Å². The van der Waals surface area contributed by atoms with E-state index in [1.54, 1.807) is 29.3 Å². The second-order valence-electron chi connectivity index (χ2n) is 6.83. The highest BCUT2D eigenvalue weighted by molar-refractivity contribution is 7.98. The molecule has 10 heteroatoms. The Morgan fingerprint density at radius 3 is 2.72 bits per heavy atom. The van der Waals surface area contributed by atoms with Crippen molar-refractivity contribution in [1.29, 1.82) is 0 Å². The largest absolute Gasteiger partial charge is 0.465 e. The van der Waals surface area contributed by atoms with Crippen LogP contribution in [0.4, 0.5) is 5.69 Å². The zero-order valence-electron chi connectivity index (χ0n) is 17.6. The number of nitro benzene ring substituents is 1. The summed E-state index contributed by atoms with van der Waals surface area (Å²) in [5.41, 5.74) is 1.78. The van der Waals surface area contributed by atoms with Crippen molar-refractivity contribution in [3.8, 4) is 0 Å². The zero-order chi connectivity index (χ0) is 22.9. The van der Waals surface area contributed by atoms with Crippen LogP contribution in [0.25, 0.3) is 10.2 Å². The van der Waals surface area contributed by atoms with Crippen LogP contribution in [0.3, 0.4) is 0 Å². The highest BCUT2D eigenvalue weighted by Crippen LogP contribution is 2.23. The lowest BCUT2D eigenvalue weighted by molar-refractivity contribution is -0.384. The Morgan fingerprint density at radius 2 is 2.00 bits per heavy atom. The first-order chi connectivity index (χ1) is 15.5. The van der Waals surface area contributed by atoms with Crippen molar-refractivity contribution in [2.75, 3.05) is 12.4 Å². The quantitative estimate of drug-likeness (QED) is 0.188. The molecule has 8 nitrogen and oxygen atoms in total. The van der Waals surface area contributed by atoms with E-state index in [2.05, 4.69) is 17.1 Å². The smallest absolute Gasteiger partial charge is 0.326 e. The molecule has 0 fully saturated rings. The number of amides is 1. The fourth-order valence-electron chi connectivity index (χ4n) is 3.00. The maximum atomic E-state index is 12.5. The first-order valence-electron chi connectivity index (χ1n) is 10.1. The number of hydrogen-bond acceptors (Lipinski definition) is 7. The van der Waals surface area contributed by atoms with Crippen LogP contribution < -0.4 is 4.80 Å².